The topological polar surface area (TPSA) is 156 Å². The molecule has 3 rings (SSSR count). The molecule has 38 heavy (non-hydrogen) atoms. The zero-order valence-electron chi connectivity index (χ0n) is 22.8. The number of ether oxygens (including phenoxy) is 3. The van der Waals surface area contributed by atoms with E-state index in [1.54, 1.807) is 31.9 Å². The smallest absolute Gasteiger partial charge is 0.326 e. The van der Waals surface area contributed by atoms with Crippen LogP contribution in [0, 0.1) is 0 Å². The highest BCUT2D eigenvalue weighted by atomic mass is 31.2. The summed E-state index contributed by atoms with van der Waals surface area (Å²) in [7, 11) is -1.95. The summed E-state index contributed by atoms with van der Waals surface area (Å²) in [6, 6.07) is 7.08. The van der Waals surface area contributed by atoms with Crippen LogP contribution in [-0.4, -0.2) is 57.2 Å². The number of nitrogens with zero attached hydrogens (tertiary/aromatic N) is 4. The normalized spacial score (nSPS) is 15.1. The molecule has 2 aromatic heterocycles. The molecule has 3 aromatic rings. The Balaban J connectivity index is 1.79. The summed E-state index contributed by atoms with van der Waals surface area (Å²) in [5.41, 5.74) is 6.55. The van der Waals surface area contributed by atoms with E-state index in [1.165, 1.54) is 6.33 Å². The van der Waals surface area contributed by atoms with Crippen LogP contribution in [0.25, 0.3) is 11.2 Å². The third-order valence-electron chi connectivity index (χ3n) is 5.84. The summed E-state index contributed by atoms with van der Waals surface area (Å²) < 4.78 is 33.0. The second kappa shape index (κ2) is 12.7. The highest BCUT2D eigenvalue weighted by Crippen LogP contribution is 2.43. The van der Waals surface area contributed by atoms with E-state index in [2.05, 4.69) is 25.1 Å². The number of imidazole rings is 1. The Hall–Kier alpha value is -3.05. The Morgan fingerprint density at radius 2 is 1.95 bits per heavy atom. The maximum atomic E-state index is 14.3. The standard InChI is InChI=1S/C25H38N7O5P/c1-7-12-36-24(33)25(4,5)31-38(34,30-18(3)19-10-8-9-11-20(19)35-6)16-37-17(2)13-32-15-29-21-22(26)27-14-28-23(21)32/h8-11,14-15,17-18H,7,12-13,16H2,1-6H3,(H2,26,27,28)(H2,30,31,34)/t17-,18+,38?/m0/s1. The first kappa shape index (κ1) is 29.5. The lowest BCUT2D eigenvalue weighted by atomic mass is 10.1. The minimum absolute atomic E-state index is 0.193. The molecule has 0 fully saturated rings. The fraction of sp³-hybridized carbons (Fsp3) is 0.520. The van der Waals surface area contributed by atoms with Gasteiger partial charge in [0, 0.05) is 11.6 Å². The van der Waals surface area contributed by atoms with Crippen molar-refractivity contribution in [2.24, 2.45) is 0 Å². The number of para-hydroxylation sites is 1. The number of nitrogens with one attached hydrogen (secondary N) is 2. The number of carbonyl (C=O) groups is 1. The molecule has 0 radical (unpaired) electrons. The van der Waals surface area contributed by atoms with Gasteiger partial charge in [0.15, 0.2) is 11.5 Å². The Morgan fingerprint density at radius 1 is 1.21 bits per heavy atom. The van der Waals surface area contributed by atoms with Gasteiger partial charge >= 0.3 is 5.97 Å². The van der Waals surface area contributed by atoms with Gasteiger partial charge in [-0.25, -0.2) is 25.1 Å². The fourth-order valence-corrected chi connectivity index (χ4v) is 6.40. The van der Waals surface area contributed by atoms with Gasteiger partial charge in [-0.2, -0.15) is 0 Å². The van der Waals surface area contributed by atoms with Crippen molar-refractivity contribution in [2.75, 3.05) is 25.8 Å². The lowest BCUT2D eigenvalue weighted by molar-refractivity contribution is -0.149. The monoisotopic (exact) mass is 547 g/mol. The maximum Gasteiger partial charge on any atom is 0.326 e. The van der Waals surface area contributed by atoms with Gasteiger partial charge < -0.3 is 24.5 Å². The number of aromatic nitrogens is 4. The minimum atomic E-state index is -3.53. The molecular weight excluding hydrogens is 509 g/mol. The van der Waals surface area contributed by atoms with E-state index in [1.807, 2.05) is 45.0 Å². The highest BCUT2D eigenvalue weighted by molar-refractivity contribution is 7.59. The number of nitrogens with two attached hydrogens (primary N) is 1. The molecule has 208 valence electrons. The van der Waals surface area contributed by atoms with Crippen molar-refractivity contribution in [3.05, 3.63) is 42.5 Å². The molecule has 1 aromatic carbocycles. The third-order valence-corrected chi connectivity index (χ3v) is 8.08. The molecule has 3 atom stereocenters. The molecule has 0 saturated carbocycles. The SMILES string of the molecule is CCCOC(=O)C(C)(C)NP(=O)(CO[C@@H](C)Cn1cnc2c(N)ncnc21)N[C@H](C)c1ccccc1OC. The van der Waals surface area contributed by atoms with Crippen molar-refractivity contribution in [2.45, 2.75) is 65.3 Å². The predicted molar refractivity (Wildman–Crippen MR) is 146 cm³/mol. The van der Waals surface area contributed by atoms with Gasteiger partial charge in [0.25, 0.3) is 0 Å². The zero-order chi connectivity index (χ0) is 27.9. The first-order valence-electron chi connectivity index (χ1n) is 12.5. The van der Waals surface area contributed by atoms with Crippen LogP contribution in [0.5, 0.6) is 5.75 Å². The van der Waals surface area contributed by atoms with Gasteiger partial charge in [0.05, 0.1) is 32.7 Å². The van der Waals surface area contributed by atoms with Crippen LogP contribution < -0.4 is 20.6 Å². The van der Waals surface area contributed by atoms with Gasteiger partial charge in [-0.05, 0) is 40.2 Å². The molecule has 0 aliphatic rings. The summed E-state index contributed by atoms with van der Waals surface area (Å²) >= 11 is 0. The lowest BCUT2D eigenvalue weighted by Gasteiger charge is -2.33. The van der Waals surface area contributed by atoms with Crippen LogP contribution in [0.1, 0.15) is 52.6 Å². The number of fused-ring (bicyclic) bond motifs is 1. The molecule has 4 N–H and O–H groups in total. The van der Waals surface area contributed by atoms with Gasteiger partial charge in [0.1, 0.15) is 29.5 Å². The van der Waals surface area contributed by atoms with Crippen LogP contribution in [0.2, 0.25) is 0 Å². The number of nitrogen functional groups attached to an aromatic ring is 1. The molecule has 1 unspecified atom stereocenters. The molecule has 0 amide bonds. The van der Waals surface area contributed by atoms with Crippen LogP contribution in [0.15, 0.2) is 36.9 Å². The minimum Gasteiger partial charge on any atom is -0.496 e. The molecule has 0 saturated heterocycles. The maximum absolute atomic E-state index is 14.3. The average molecular weight is 548 g/mol. The van der Waals surface area contributed by atoms with Crippen molar-refractivity contribution in [3.63, 3.8) is 0 Å². The van der Waals surface area contributed by atoms with E-state index >= 15 is 0 Å². The second-order valence-electron chi connectivity index (χ2n) is 9.64. The molecule has 0 aliphatic heterocycles. The summed E-state index contributed by atoms with van der Waals surface area (Å²) in [6.45, 7) is 9.58. The zero-order valence-corrected chi connectivity index (χ0v) is 23.7. The molecule has 0 bridgehead atoms. The Bertz CT molecular complexity index is 1280. The summed E-state index contributed by atoms with van der Waals surface area (Å²) in [5.74, 6) is 0.451. The van der Waals surface area contributed by atoms with Crippen molar-refractivity contribution in [1.82, 2.24) is 29.7 Å². The van der Waals surface area contributed by atoms with Crippen molar-refractivity contribution in [3.8, 4) is 5.75 Å². The number of benzene rings is 1. The van der Waals surface area contributed by atoms with E-state index in [9.17, 15) is 9.36 Å². The first-order chi connectivity index (χ1) is 18.0. The van der Waals surface area contributed by atoms with Crippen LogP contribution >= 0.6 is 7.44 Å². The summed E-state index contributed by atoms with van der Waals surface area (Å²) in [4.78, 5) is 25.2. The summed E-state index contributed by atoms with van der Waals surface area (Å²) in [5, 5.41) is 6.19. The van der Waals surface area contributed by atoms with E-state index < -0.39 is 19.0 Å². The number of rotatable bonds is 14. The predicted octanol–water partition coefficient (Wildman–Crippen LogP) is 3.65. The molecule has 0 aliphatic carbocycles. The average Bonchev–Trinajstić information content (AvgIpc) is 3.29. The van der Waals surface area contributed by atoms with Gasteiger partial charge in [-0.3, -0.25) is 9.36 Å². The number of hydrogen-bond acceptors (Lipinski definition) is 9. The van der Waals surface area contributed by atoms with E-state index in [0.29, 0.717) is 35.7 Å². The number of carbonyl (C=O) groups excluding carboxylic acids is 1. The number of methoxy groups -OCH3 is 1. The highest BCUT2D eigenvalue weighted by Gasteiger charge is 2.38. The Morgan fingerprint density at radius 3 is 2.66 bits per heavy atom. The van der Waals surface area contributed by atoms with E-state index in [4.69, 9.17) is 19.9 Å². The van der Waals surface area contributed by atoms with Crippen LogP contribution in [0.4, 0.5) is 5.82 Å². The van der Waals surface area contributed by atoms with Crippen molar-refractivity contribution >= 4 is 30.4 Å². The first-order valence-corrected chi connectivity index (χ1v) is 14.4. The van der Waals surface area contributed by atoms with Gasteiger partial charge in [-0.1, -0.05) is 25.1 Å². The Labute approximate surface area is 223 Å². The molecule has 12 nitrogen and oxygen atoms in total. The van der Waals surface area contributed by atoms with Crippen molar-refractivity contribution < 1.29 is 23.6 Å². The fourth-order valence-electron chi connectivity index (χ4n) is 3.97. The largest absolute Gasteiger partial charge is 0.496 e. The number of esters is 1. The quantitative estimate of drug-likeness (QED) is 0.200. The van der Waals surface area contributed by atoms with Gasteiger partial charge in [0.2, 0.25) is 7.44 Å². The van der Waals surface area contributed by atoms with Crippen LogP contribution in [0.3, 0.4) is 0 Å². The molecule has 13 heteroatoms. The number of anilines is 1. The second-order valence-corrected chi connectivity index (χ2v) is 11.9. The molecule has 2 heterocycles. The molecule has 0 spiro atoms. The summed E-state index contributed by atoms with van der Waals surface area (Å²) in [6.07, 6.45) is 3.10. The lowest BCUT2D eigenvalue weighted by Crippen LogP contribution is -2.49. The van der Waals surface area contributed by atoms with Gasteiger partial charge in [-0.15, -0.1) is 0 Å². The Kier molecular flexibility index (Phi) is 9.83. The third kappa shape index (κ3) is 7.28. The molecular formula is C25H38N7O5P. The number of hydrogen-bond donors (Lipinski definition) is 3. The van der Waals surface area contributed by atoms with E-state index in [0.717, 1.165) is 5.56 Å². The van der Waals surface area contributed by atoms with Crippen molar-refractivity contribution in [1.29, 1.82) is 0 Å². The van der Waals surface area contributed by atoms with Crippen LogP contribution in [-0.2, 0) is 25.4 Å². The van der Waals surface area contributed by atoms with E-state index in [-0.39, 0.29) is 25.1 Å².